The average Bonchev–Trinajstić information content (AvgIpc) is 3.31. The second-order valence-electron chi connectivity index (χ2n) is 7.18. The molecule has 3 aromatic heterocycles. The molecule has 1 aliphatic rings. The number of nitrogens with one attached hydrogen (secondary N) is 1. The lowest BCUT2D eigenvalue weighted by Gasteiger charge is -2.33. The number of aromatic amines is 1. The molecule has 1 fully saturated rings. The van der Waals surface area contributed by atoms with Crippen LogP contribution < -0.4 is 4.90 Å². The maximum Gasteiger partial charge on any atom is 0.154 e. The van der Waals surface area contributed by atoms with Crippen molar-refractivity contribution in [2.24, 2.45) is 0 Å². The standard InChI is InChI=1S/C20H23N7/c1-3-16-15-12-14(4-5-17(15)23-22-16)18-13-21-19-6-7-20(24-27(18)19)26-10-8-25(2)9-11-26/h4-7,12-13H,3,8-11H2,1-2H3,(H,22,23). The Bertz CT molecular complexity index is 1100. The molecule has 138 valence electrons. The molecule has 1 saturated heterocycles. The maximum atomic E-state index is 4.91. The lowest BCUT2D eigenvalue weighted by atomic mass is 10.1. The third kappa shape index (κ3) is 2.75. The first-order chi connectivity index (χ1) is 13.2. The number of rotatable bonds is 3. The number of fused-ring (bicyclic) bond motifs is 2. The van der Waals surface area contributed by atoms with Gasteiger partial charge in [0.2, 0.25) is 0 Å². The molecular weight excluding hydrogens is 338 g/mol. The van der Waals surface area contributed by atoms with Gasteiger partial charge < -0.3 is 9.80 Å². The number of likely N-dealkylation sites (N-methyl/N-ethyl adjacent to an activating group) is 1. The van der Waals surface area contributed by atoms with Crippen LogP contribution >= 0.6 is 0 Å². The first kappa shape index (κ1) is 16.3. The number of imidazole rings is 1. The largest absolute Gasteiger partial charge is 0.353 e. The highest BCUT2D eigenvalue weighted by atomic mass is 15.4. The normalized spacial score (nSPS) is 15.9. The van der Waals surface area contributed by atoms with Crippen molar-refractivity contribution in [2.45, 2.75) is 13.3 Å². The van der Waals surface area contributed by atoms with Crippen LogP contribution in [0.25, 0.3) is 27.8 Å². The topological polar surface area (TPSA) is 65.4 Å². The summed E-state index contributed by atoms with van der Waals surface area (Å²) >= 11 is 0. The van der Waals surface area contributed by atoms with Gasteiger partial charge in [-0.3, -0.25) is 5.10 Å². The number of benzene rings is 1. The van der Waals surface area contributed by atoms with Gasteiger partial charge in [-0.1, -0.05) is 13.0 Å². The second kappa shape index (κ2) is 6.35. The second-order valence-corrected chi connectivity index (χ2v) is 7.18. The van der Waals surface area contributed by atoms with Gasteiger partial charge in [-0.25, -0.2) is 9.50 Å². The van der Waals surface area contributed by atoms with E-state index < -0.39 is 0 Å². The lowest BCUT2D eigenvalue weighted by molar-refractivity contribution is 0.311. The molecule has 0 atom stereocenters. The van der Waals surface area contributed by atoms with E-state index in [1.165, 1.54) is 5.39 Å². The average molecular weight is 361 g/mol. The summed E-state index contributed by atoms with van der Waals surface area (Å²) in [7, 11) is 2.17. The van der Waals surface area contributed by atoms with Gasteiger partial charge in [-0.15, -0.1) is 5.10 Å². The fourth-order valence-corrected chi connectivity index (χ4v) is 3.76. The maximum absolute atomic E-state index is 4.91. The van der Waals surface area contributed by atoms with Crippen LogP contribution in [0.5, 0.6) is 0 Å². The Morgan fingerprint density at radius 3 is 2.74 bits per heavy atom. The molecule has 0 bridgehead atoms. The molecule has 27 heavy (non-hydrogen) atoms. The first-order valence-electron chi connectivity index (χ1n) is 9.48. The van der Waals surface area contributed by atoms with Gasteiger partial charge in [0, 0.05) is 37.1 Å². The van der Waals surface area contributed by atoms with E-state index in [0.29, 0.717) is 0 Å². The molecule has 1 aromatic carbocycles. The van der Waals surface area contributed by atoms with E-state index in [1.54, 1.807) is 0 Å². The molecule has 0 spiro atoms. The summed E-state index contributed by atoms with van der Waals surface area (Å²) in [5.41, 5.74) is 5.13. The van der Waals surface area contributed by atoms with Crippen molar-refractivity contribution in [1.82, 2.24) is 29.7 Å². The smallest absolute Gasteiger partial charge is 0.154 e. The Morgan fingerprint density at radius 1 is 1.07 bits per heavy atom. The van der Waals surface area contributed by atoms with Crippen molar-refractivity contribution in [2.75, 3.05) is 38.1 Å². The highest BCUT2D eigenvalue weighted by molar-refractivity contribution is 5.86. The SMILES string of the molecule is CCc1n[nH]c2ccc(-c3cnc4ccc(N5CCN(C)CC5)nn34)cc12. The van der Waals surface area contributed by atoms with E-state index in [9.17, 15) is 0 Å². The van der Waals surface area contributed by atoms with Crippen LogP contribution in [0.1, 0.15) is 12.6 Å². The summed E-state index contributed by atoms with van der Waals surface area (Å²) < 4.78 is 1.96. The Kier molecular flexibility index (Phi) is 3.82. The zero-order valence-corrected chi connectivity index (χ0v) is 15.7. The molecule has 7 nitrogen and oxygen atoms in total. The zero-order chi connectivity index (χ0) is 18.4. The van der Waals surface area contributed by atoms with Crippen LogP contribution in [0, 0.1) is 0 Å². The minimum Gasteiger partial charge on any atom is -0.353 e. The van der Waals surface area contributed by atoms with Crippen LogP contribution in [0.15, 0.2) is 36.5 Å². The van der Waals surface area contributed by atoms with Crippen molar-refractivity contribution in [3.63, 3.8) is 0 Å². The molecule has 4 aromatic rings. The third-order valence-electron chi connectivity index (χ3n) is 5.45. The predicted molar refractivity (Wildman–Crippen MR) is 107 cm³/mol. The van der Waals surface area contributed by atoms with Crippen molar-refractivity contribution < 1.29 is 0 Å². The molecule has 0 amide bonds. The number of nitrogens with zero attached hydrogens (tertiary/aromatic N) is 6. The zero-order valence-electron chi connectivity index (χ0n) is 15.7. The summed E-state index contributed by atoms with van der Waals surface area (Å²) in [6.07, 6.45) is 2.81. The molecule has 4 heterocycles. The van der Waals surface area contributed by atoms with Crippen LogP contribution in [0.4, 0.5) is 5.82 Å². The van der Waals surface area contributed by atoms with Crippen molar-refractivity contribution in [1.29, 1.82) is 0 Å². The molecule has 5 rings (SSSR count). The third-order valence-corrected chi connectivity index (χ3v) is 5.45. The molecule has 0 radical (unpaired) electrons. The Hall–Kier alpha value is -2.93. The number of anilines is 1. The van der Waals surface area contributed by atoms with Crippen molar-refractivity contribution in [3.05, 3.63) is 42.2 Å². The van der Waals surface area contributed by atoms with Gasteiger partial charge in [-0.2, -0.15) is 5.10 Å². The Labute approximate surface area is 157 Å². The number of hydrogen-bond donors (Lipinski definition) is 1. The van der Waals surface area contributed by atoms with Crippen molar-refractivity contribution in [3.8, 4) is 11.3 Å². The molecule has 7 heteroatoms. The van der Waals surface area contributed by atoms with Gasteiger partial charge in [0.25, 0.3) is 0 Å². The van der Waals surface area contributed by atoms with Crippen molar-refractivity contribution >= 4 is 22.4 Å². The number of H-pyrrole nitrogens is 1. The number of piperazine rings is 1. The minimum absolute atomic E-state index is 0.867. The Balaban J connectivity index is 1.58. The van der Waals surface area contributed by atoms with E-state index >= 15 is 0 Å². The van der Waals surface area contributed by atoms with Gasteiger partial charge in [0.1, 0.15) is 5.82 Å². The molecular formula is C20H23N7. The number of hydrogen-bond acceptors (Lipinski definition) is 5. The summed E-state index contributed by atoms with van der Waals surface area (Å²) in [5, 5.41) is 13.6. The summed E-state index contributed by atoms with van der Waals surface area (Å²) in [4.78, 5) is 9.25. The summed E-state index contributed by atoms with van der Waals surface area (Å²) in [6, 6.07) is 10.5. The van der Waals surface area contributed by atoms with E-state index in [0.717, 1.165) is 66.5 Å². The van der Waals surface area contributed by atoms with Gasteiger partial charge >= 0.3 is 0 Å². The highest BCUT2D eigenvalue weighted by Crippen LogP contribution is 2.27. The van der Waals surface area contributed by atoms with Gasteiger partial charge in [0.15, 0.2) is 5.65 Å². The van der Waals surface area contributed by atoms with E-state index in [2.05, 4.69) is 69.3 Å². The molecule has 1 aliphatic heterocycles. The van der Waals surface area contributed by atoms with E-state index in [4.69, 9.17) is 5.10 Å². The molecule has 0 saturated carbocycles. The number of aromatic nitrogens is 5. The highest BCUT2D eigenvalue weighted by Gasteiger charge is 2.17. The fourth-order valence-electron chi connectivity index (χ4n) is 3.76. The van der Waals surface area contributed by atoms with Crippen LogP contribution in [-0.4, -0.2) is 62.9 Å². The van der Waals surface area contributed by atoms with Gasteiger partial charge in [0.05, 0.1) is 23.1 Å². The molecule has 0 unspecified atom stereocenters. The lowest BCUT2D eigenvalue weighted by Crippen LogP contribution is -2.44. The predicted octanol–water partition coefficient (Wildman–Crippen LogP) is 2.59. The quantitative estimate of drug-likeness (QED) is 0.608. The summed E-state index contributed by atoms with van der Waals surface area (Å²) in [6.45, 7) is 6.25. The number of aryl methyl sites for hydroxylation is 1. The van der Waals surface area contributed by atoms with Gasteiger partial charge in [-0.05, 0) is 37.7 Å². The summed E-state index contributed by atoms with van der Waals surface area (Å²) in [5.74, 6) is 1.01. The fraction of sp³-hybridized carbons (Fsp3) is 0.350. The molecule has 0 aliphatic carbocycles. The Morgan fingerprint density at radius 2 is 1.93 bits per heavy atom. The van der Waals surface area contributed by atoms with Crippen LogP contribution in [-0.2, 0) is 6.42 Å². The van der Waals surface area contributed by atoms with Crippen LogP contribution in [0.2, 0.25) is 0 Å². The minimum atomic E-state index is 0.867. The monoisotopic (exact) mass is 361 g/mol. The van der Waals surface area contributed by atoms with E-state index in [1.807, 2.05) is 10.7 Å². The first-order valence-corrected chi connectivity index (χ1v) is 9.48. The van der Waals surface area contributed by atoms with E-state index in [-0.39, 0.29) is 0 Å². The molecule has 1 N–H and O–H groups in total. The van der Waals surface area contributed by atoms with Crippen LogP contribution in [0.3, 0.4) is 0 Å².